The van der Waals surface area contributed by atoms with E-state index in [-0.39, 0.29) is 12.5 Å². The van der Waals surface area contributed by atoms with Crippen LogP contribution in [0, 0.1) is 6.92 Å². The number of carbonyl (C=O) groups excluding carboxylic acids is 1. The Morgan fingerprint density at radius 1 is 1.50 bits per heavy atom. The van der Waals surface area contributed by atoms with E-state index >= 15 is 0 Å². The van der Waals surface area contributed by atoms with Gasteiger partial charge in [-0.2, -0.15) is 0 Å². The van der Waals surface area contributed by atoms with Crippen molar-refractivity contribution in [2.24, 2.45) is 0 Å². The number of fused-ring (bicyclic) bond motifs is 1. The van der Waals surface area contributed by atoms with Crippen LogP contribution in [0.25, 0.3) is 6.08 Å². The molecule has 102 valence electrons. The Hall–Kier alpha value is -1.85. The molecular formula is C14H11ClN2O2S. The van der Waals surface area contributed by atoms with Crippen LogP contribution in [0.15, 0.2) is 30.0 Å². The highest BCUT2D eigenvalue weighted by atomic mass is 35.5. The minimum atomic E-state index is -0.204. The van der Waals surface area contributed by atoms with E-state index in [9.17, 15) is 4.79 Å². The fraction of sp³-hybridized carbons (Fsp3) is 0.143. The highest BCUT2D eigenvalue weighted by molar-refractivity contribution is 7.15. The van der Waals surface area contributed by atoms with E-state index in [1.807, 2.05) is 6.92 Å². The van der Waals surface area contributed by atoms with Crippen LogP contribution in [0.2, 0.25) is 5.02 Å². The molecule has 2 aromatic rings. The zero-order valence-electron chi connectivity index (χ0n) is 10.6. The summed E-state index contributed by atoms with van der Waals surface area (Å²) in [5.41, 5.74) is 1.36. The summed E-state index contributed by atoms with van der Waals surface area (Å²) in [7, 11) is 0. The maximum atomic E-state index is 12.1. The molecule has 1 aromatic heterocycles. The third-order valence-corrected chi connectivity index (χ3v) is 3.88. The molecule has 0 saturated heterocycles. The number of hydrogen-bond donors (Lipinski definition) is 1. The second-order valence-corrected chi connectivity index (χ2v) is 6.04. The van der Waals surface area contributed by atoms with Gasteiger partial charge in [-0.3, -0.25) is 10.1 Å². The molecule has 0 spiro atoms. The average Bonchev–Trinajstić information content (AvgIpc) is 2.83. The summed E-state index contributed by atoms with van der Waals surface area (Å²) in [6.07, 6.45) is 3.52. The predicted octanol–water partition coefficient (Wildman–Crippen LogP) is 3.52. The van der Waals surface area contributed by atoms with Gasteiger partial charge in [0.2, 0.25) is 0 Å². The Bertz CT molecular complexity index is 709. The maximum absolute atomic E-state index is 12.1. The Kier molecular flexibility index (Phi) is 3.46. The first-order valence-corrected chi connectivity index (χ1v) is 7.18. The molecule has 20 heavy (non-hydrogen) atoms. The summed E-state index contributed by atoms with van der Waals surface area (Å²) in [4.78, 5) is 17.3. The van der Waals surface area contributed by atoms with Crippen LogP contribution < -0.4 is 10.1 Å². The summed E-state index contributed by atoms with van der Waals surface area (Å²) >= 11 is 7.38. The van der Waals surface area contributed by atoms with Gasteiger partial charge < -0.3 is 4.74 Å². The average molecular weight is 307 g/mol. The normalized spacial score (nSPS) is 13.2. The van der Waals surface area contributed by atoms with E-state index in [0.717, 1.165) is 16.2 Å². The third-order valence-electron chi connectivity index (χ3n) is 2.82. The highest BCUT2D eigenvalue weighted by Gasteiger charge is 2.18. The van der Waals surface area contributed by atoms with Crippen LogP contribution in [0.5, 0.6) is 5.75 Å². The van der Waals surface area contributed by atoms with Gasteiger partial charge in [0.1, 0.15) is 12.4 Å². The Morgan fingerprint density at radius 2 is 2.35 bits per heavy atom. The Balaban J connectivity index is 1.82. The maximum Gasteiger partial charge on any atom is 0.256 e. The van der Waals surface area contributed by atoms with Crippen molar-refractivity contribution in [3.63, 3.8) is 0 Å². The summed E-state index contributed by atoms with van der Waals surface area (Å²) in [6.45, 7) is 2.18. The molecule has 6 heteroatoms. The number of halogens is 1. The van der Waals surface area contributed by atoms with Gasteiger partial charge in [0.05, 0.1) is 5.57 Å². The lowest BCUT2D eigenvalue weighted by Crippen LogP contribution is -2.21. The van der Waals surface area contributed by atoms with Gasteiger partial charge in [-0.05, 0) is 31.2 Å². The summed E-state index contributed by atoms with van der Waals surface area (Å²) in [5.74, 6) is 0.529. The fourth-order valence-corrected chi connectivity index (χ4v) is 2.71. The van der Waals surface area contributed by atoms with Crippen LogP contribution >= 0.6 is 22.9 Å². The molecule has 0 aliphatic carbocycles. The van der Waals surface area contributed by atoms with E-state index in [4.69, 9.17) is 16.3 Å². The topological polar surface area (TPSA) is 51.2 Å². The lowest BCUT2D eigenvalue weighted by atomic mass is 10.1. The third kappa shape index (κ3) is 2.69. The first kappa shape index (κ1) is 13.1. The van der Waals surface area contributed by atoms with Crippen LogP contribution in [0.3, 0.4) is 0 Å². The number of thiazole rings is 1. The second-order valence-electron chi connectivity index (χ2n) is 4.37. The largest absolute Gasteiger partial charge is 0.488 e. The summed E-state index contributed by atoms with van der Waals surface area (Å²) < 4.78 is 5.55. The molecule has 0 fully saturated rings. The molecule has 1 aromatic carbocycles. The molecule has 0 saturated carbocycles. The van der Waals surface area contributed by atoms with Crippen LogP contribution in [-0.2, 0) is 4.79 Å². The van der Waals surface area contributed by atoms with Crippen molar-refractivity contribution in [1.82, 2.24) is 4.98 Å². The number of anilines is 1. The SMILES string of the molecule is Cc1cnc(NC(=O)C2=Cc3cc(Cl)ccc3OC2)s1. The number of aryl methyl sites for hydroxylation is 1. The fourth-order valence-electron chi connectivity index (χ4n) is 1.87. The number of rotatable bonds is 2. The molecule has 3 rings (SSSR count). The monoisotopic (exact) mass is 306 g/mol. The van der Waals surface area contributed by atoms with Gasteiger partial charge in [-0.1, -0.05) is 11.6 Å². The number of hydrogen-bond acceptors (Lipinski definition) is 4. The molecule has 0 radical (unpaired) electrons. The Morgan fingerprint density at radius 3 is 3.10 bits per heavy atom. The van der Waals surface area contributed by atoms with Crippen LogP contribution in [-0.4, -0.2) is 17.5 Å². The lowest BCUT2D eigenvalue weighted by Gasteiger charge is -2.17. The van der Waals surface area contributed by atoms with Crippen LogP contribution in [0.4, 0.5) is 5.13 Å². The molecule has 0 atom stereocenters. The zero-order chi connectivity index (χ0) is 14.1. The van der Waals surface area contributed by atoms with Crippen LogP contribution in [0.1, 0.15) is 10.4 Å². The second kappa shape index (κ2) is 5.26. The number of nitrogens with one attached hydrogen (secondary N) is 1. The van der Waals surface area contributed by atoms with E-state index in [0.29, 0.717) is 15.7 Å². The standard InChI is InChI=1S/C14H11ClN2O2S/c1-8-6-16-14(20-8)17-13(18)10-4-9-5-11(15)2-3-12(9)19-7-10/h2-6H,7H2,1H3,(H,16,17,18). The number of carbonyl (C=O) groups is 1. The van der Waals surface area contributed by atoms with Gasteiger partial charge in [0.15, 0.2) is 5.13 Å². The smallest absolute Gasteiger partial charge is 0.256 e. The van der Waals surface area contributed by atoms with Crippen molar-refractivity contribution in [3.05, 3.63) is 45.4 Å². The first-order chi connectivity index (χ1) is 9.61. The molecule has 1 aliphatic heterocycles. The molecule has 1 amide bonds. The molecule has 2 heterocycles. The molecule has 0 unspecified atom stereocenters. The predicted molar refractivity (Wildman–Crippen MR) is 80.4 cm³/mol. The number of nitrogens with zero attached hydrogens (tertiary/aromatic N) is 1. The van der Waals surface area contributed by atoms with Crippen molar-refractivity contribution in [3.8, 4) is 5.75 Å². The van der Waals surface area contributed by atoms with Crippen molar-refractivity contribution in [2.45, 2.75) is 6.92 Å². The summed E-state index contributed by atoms with van der Waals surface area (Å²) in [5, 5.41) is 3.97. The first-order valence-electron chi connectivity index (χ1n) is 5.98. The molecule has 1 N–H and O–H groups in total. The van der Waals surface area contributed by atoms with E-state index in [2.05, 4.69) is 10.3 Å². The van der Waals surface area contributed by atoms with Crippen molar-refractivity contribution >= 4 is 40.1 Å². The molecule has 1 aliphatic rings. The van der Waals surface area contributed by atoms with Gasteiger partial charge >= 0.3 is 0 Å². The quantitative estimate of drug-likeness (QED) is 0.923. The Labute approximate surface area is 125 Å². The number of benzene rings is 1. The van der Waals surface area contributed by atoms with Crippen molar-refractivity contribution in [1.29, 1.82) is 0 Å². The van der Waals surface area contributed by atoms with E-state index < -0.39 is 0 Å². The number of amides is 1. The lowest BCUT2D eigenvalue weighted by molar-refractivity contribution is -0.113. The molecular weight excluding hydrogens is 296 g/mol. The van der Waals surface area contributed by atoms with E-state index in [1.54, 1.807) is 30.5 Å². The van der Waals surface area contributed by atoms with E-state index in [1.165, 1.54) is 11.3 Å². The molecule has 4 nitrogen and oxygen atoms in total. The highest BCUT2D eigenvalue weighted by Crippen LogP contribution is 2.29. The summed E-state index contributed by atoms with van der Waals surface area (Å²) in [6, 6.07) is 5.33. The van der Waals surface area contributed by atoms with Gasteiger partial charge in [0, 0.05) is 21.7 Å². The zero-order valence-corrected chi connectivity index (χ0v) is 12.2. The number of aromatic nitrogens is 1. The van der Waals surface area contributed by atoms with Gasteiger partial charge in [0.25, 0.3) is 5.91 Å². The molecule has 0 bridgehead atoms. The minimum absolute atomic E-state index is 0.204. The van der Waals surface area contributed by atoms with Gasteiger partial charge in [-0.25, -0.2) is 4.98 Å². The number of ether oxygens (including phenoxy) is 1. The van der Waals surface area contributed by atoms with Crippen molar-refractivity contribution < 1.29 is 9.53 Å². The minimum Gasteiger partial charge on any atom is -0.488 e. The van der Waals surface area contributed by atoms with Crippen molar-refractivity contribution in [2.75, 3.05) is 11.9 Å². The van der Waals surface area contributed by atoms with Gasteiger partial charge in [-0.15, -0.1) is 11.3 Å².